The number of aliphatic hydroxyl groups excluding tert-OH is 4. The summed E-state index contributed by atoms with van der Waals surface area (Å²) in [4.78, 5) is 0. The first kappa shape index (κ1) is 19.9. The highest BCUT2D eigenvalue weighted by molar-refractivity contribution is 9.14. The van der Waals surface area contributed by atoms with Crippen LogP contribution in [0.2, 0.25) is 0 Å². The fourth-order valence-electron chi connectivity index (χ4n) is 0.919. The molecule has 0 aliphatic rings. The van der Waals surface area contributed by atoms with Crippen LogP contribution in [0, 0.1) is 5.41 Å². The van der Waals surface area contributed by atoms with Crippen molar-refractivity contribution in [1.29, 1.82) is 0 Å². The summed E-state index contributed by atoms with van der Waals surface area (Å²) in [5.74, 6) is 0. The zero-order chi connectivity index (χ0) is 13.9. The number of rotatable bonds is 6. The summed E-state index contributed by atoms with van der Waals surface area (Å²) in [6.45, 7) is 3.99. The average molecular weight is 378 g/mol. The van der Waals surface area contributed by atoms with Gasteiger partial charge in [-0.3, -0.25) is 0 Å². The largest absolute Gasteiger partial charge is 0.396 e. The van der Waals surface area contributed by atoms with Gasteiger partial charge in [0.25, 0.3) is 0 Å². The van der Waals surface area contributed by atoms with E-state index in [9.17, 15) is 0 Å². The number of halogens is 2. The molecule has 0 aromatic heterocycles. The molecule has 0 aliphatic heterocycles. The van der Waals surface area contributed by atoms with E-state index in [1.807, 2.05) is 13.8 Å². The Bertz CT molecular complexity index is 186. The highest BCUT2D eigenvalue weighted by atomic mass is 79.9. The molecule has 0 bridgehead atoms. The quantitative estimate of drug-likeness (QED) is 0.568. The van der Waals surface area contributed by atoms with Crippen LogP contribution in [0.15, 0.2) is 8.96 Å². The van der Waals surface area contributed by atoms with Crippen LogP contribution in [0.5, 0.6) is 0 Å². The molecule has 0 atom stereocenters. The van der Waals surface area contributed by atoms with Gasteiger partial charge in [-0.1, -0.05) is 45.7 Å². The van der Waals surface area contributed by atoms with Crippen molar-refractivity contribution in [2.45, 2.75) is 26.7 Å². The molecule has 0 aliphatic carbocycles. The number of hydrogen-bond acceptors (Lipinski definition) is 4. The van der Waals surface area contributed by atoms with Crippen molar-refractivity contribution in [1.82, 2.24) is 0 Å². The van der Waals surface area contributed by atoms with Crippen LogP contribution in [0.4, 0.5) is 0 Å². The minimum absolute atomic E-state index is 0.0822. The Balaban J connectivity index is 0. The summed E-state index contributed by atoms with van der Waals surface area (Å²) in [6, 6.07) is 0. The molecule has 0 unspecified atom stereocenters. The Morgan fingerprint density at radius 2 is 1.12 bits per heavy atom. The van der Waals surface area contributed by atoms with Gasteiger partial charge in [0.05, 0.1) is 26.4 Å². The lowest BCUT2D eigenvalue weighted by Gasteiger charge is -2.25. The molecule has 0 rings (SSSR count). The van der Waals surface area contributed by atoms with Crippen LogP contribution >= 0.6 is 31.9 Å². The van der Waals surface area contributed by atoms with Crippen LogP contribution in [0.25, 0.3) is 0 Å². The zero-order valence-electron chi connectivity index (χ0n) is 10.3. The van der Waals surface area contributed by atoms with Crippen molar-refractivity contribution in [3.05, 3.63) is 8.96 Å². The Hall–Kier alpha value is 0.540. The summed E-state index contributed by atoms with van der Waals surface area (Å²) in [7, 11) is 0. The molecule has 17 heavy (non-hydrogen) atoms. The molecule has 0 radical (unpaired) electrons. The highest BCUT2D eigenvalue weighted by Crippen LogP contribution is 2.23. The second-order valence-corrected chi connectivity index (χ2v) is 5.56. The van der Waals surface area contributed by atoms with Gasteiger partial charge in [0.2, 0.25) is 0 Å². The molecule has 104 valence electrons. The first-order valence-electron chi connectivity index (χ1n) is 5.43. The van der Waals surface area contributed by atoms with Crippen LogP contribution in [-0.4, -0.2) is 46.9 Å². The summed E-state index contributed by atoms with van der Waals surface area (Å²) in [6.07, 6.45) is 1.69. The highest BCUT2D eigenvalue weighted by Gasteiger charge is 2.23. The first-order valence-corrected chi connectivity index (χ1v) is 7.01. The molecule has 0 heterocycles. The Morgan fingerprint density at radius 3 is 1.18 bits per heavy atom. The molecule has 4 nitrogen and oxygen atoms in total. The molecule has 0 saturated heterocycles. The van der Waals surface area contributed by atoms with E-state index in [0.29, 0.717) is 8.96 Å². The minimum atomic E-state index is -0.222. The fraction of sp³-hybridized carbons (Fsp3) is 0.818. The smallest absolute Gasteiger partial charge is 0.0755 e. The third-order valence-electron chi connectivity index (χ3n) is 2.74. The Morgan fingerprint density at radius 1 is 0.824 bits per heavy atom. The standard InChI is InChI=1S/C7H16O2.C4H6Br2O2/c1-3-7(4-2,5-8)6-9;5-3(1-7)4(6)2-8/h8-9H,3-6H2,1-2H3;7-8H,1-2H2. The monoisotopic (exact) mass is 376 g/mol. The molecule has 4 N–H and O–H groups in total. The van der Waals surface area contributed by atoms with Crippen molar-refractivity contribution in [2.75, 3.05) is 26.4 Å². The SMILES string of the molecule is CCC(CC)(CO)CO.OCC(Br)=C(Br)CO. The summed E-state index contributed by atoms with van der Waals surface area (Å²) in [5, 5.41) is 34.4. The number of aliphatic hydroxyl groups is 4. The van der Waals surface area contributed by atoms with Gasteiger partial charge in [0.15, 0.2) is 0 Å². The lowest BCUT2D eigenvalue weighted by Crippen LogP contribution is -2.27. The van der Waals surface area contributed by atoms with Gasteiger partial charge in [-0.15, -0.1) is 0 Å². The predicted molar refractivity (Wildman–Crippen MR) is 76.2 cm³/mol. The van der Waals surface area contributed by atoms with E-state index in [-0.39, 0.29) is 31.8 Å². The van der Waals surface area contributed by atoms with Crippen molar-refractivity contribution in [3.8, 4) is 0 Å². The zero-order valence-corrected chi connectivity index (χ0v) is 13.5. The van der Waals surface area contributed by atoms with Gasteiger partial charge in [-0.05, 0) is 12.8 Å². The van der Waals surface area contributed by atoms with E-state index in [1.165, 1.54) is 0 Å². The maximum atomic E-state index is 8.82. The molecule has 0 saturated carbocycles. The van der Waals surface area contributed by atoms with Gasteiger partial charge in [0.1, 0.15) is 0 Å². The van der Waals surface area contributed by atoms with Gasteiger partial charge >= 0.3 is 0 Å². The van der Waals surface area contributed by atoms with E-state index in [4.69, 9.17) is 20.4 Å². The van der Waals surface area contributed by atoms with Crippen molar-refractivity contribution in [2.24, 2.45) is 5.41 Å². The van der Waals surface area contributed by atoms with Crippen LogP contribution < -0.4 is 0 Å². The Kier molecular flexibility index (Phi) is 13.6. The van der Waals surface area contributed by atoms with E-state index in [2.05, 4.69) is 31.9 Å². The molecule has 0 amide bonds. The van der Waals surface area contributed by atoms with E-state index < -0.39 is 0 Å². The minimum Gasteiger partial charge on any atom is -0.396 e. The summed E-state index contributed by atoms with van der Waals surface area (Å²) < 4.78 is 1.17. The third-order valence-corrected chi connectivity index (χ3v) is 4.73. The molecule has 0 fully saturated rings. The molecular formula is C11H22Br2O4. The second kappa shape index (κ2) is 11.6. The average Bonchev–Trinajstić information content (AvgIpc) is 2.41. The predicted octanol–water partition coefficient (Wildman–Crippen LogP) is 1.75. The fourth-order valence-corrected chi connectivity index (χ4v) is 1.17. The molecular weight excluding hydrogens is 356 g/mol. The van der Waals surface area contributed by atoms with Crippen LogP contribution in [0.3, 0.4) is 0 Å². The topological polar surface area (TPSA) is 80.9 Å². The second-order valence-electron chi connectivity index (χ2n) is 3.65. The molecule has 0 aromatic carbocycles. The van der Waals surface area contributed by atoms with Gasteiger partial charge in [0, 0.05) is 14.4 Å². The van der Waals surface area contributed by atoms with E-state index in [1.54, 1.807) is 0 Å². The Labute approximate surface area is 120 Å². The third kappa shape index (κ3) is 8.29. The first-order chi connectivity index (χ1) is 7.96. The van der Waals surface area contributed by atoms with Crippen LogP contribution in [0.1, 0.15) is 26.7 Å². The lowest BCUT2D eigenvalue weighted by atomic mass is 9.84. The molecule has 0 spiro atoms. The molecule has 6 heteroatoms. The van der Waals surface area contributed by atoms with Gasteiger partial charge in [-0.25, -0.2) is 0 Å². The van der Waals surface area contributed by atoms with Crippen LogP contribution in [-0.2, 0) is 0 Å². The summed E-state index contributed by atoms with van der Waals surface area (Å²) >= 11 is 6.05. The van der Waals surface area contributed by atoms with Crippen molar-refractivity contribution >= 4 is 31.9 Å². The maximum Gasteiger partial charge on any atom is 0.0755 e. The lowest BCUT2D eigenvalue weighted by molar-refractivity contribution is 0.0480. The van der Waals surface area contributed by atoms with Crippen molar-refractivity contribution in [3.63, 3.8) is 0 Å². The number of hydrogen-bond donors (Lipinski definition) is 4. The van der Waals surface area contributed by atoms with E-state index in [0.717, 1.165) is 12.8 Å². The van der Waals surface area contributed by atoms with Gasteiger partial charge < -0.3 is 20.4 Å². The normalized spacial score (nSPS) is 12.7. The van der Waals surface area contributed by atoms with Gasteiger partial charge in [-0.2, -0.15) is 0 Å². The molecule has 0 aromatic rings. The van der Waals surface area contributed by atoms with Crippen molar-refractivity contribution < 1.29 is 20.4 Å². The van der Waals surface area contributed by atoms with E-state index >= 15 is 0 Å². The maximum absolute atomic E-state index is 8.82. The summed E-state index contributed by atoms with van der Waals surface area (Å²) in [5.41, 5.74) is -0.222.